The van der Waals surface area contributed by atoms with E-state index in [0.717, 1.165) is 30.8 Å². The molecular weight excluding hydrogens is 250 g/mol. The number of rotatable bonds is 6. The van der Waals surface area contributed by atoms with Gasteiger partial charge < -0.3 is 10.1 Å². The molecule has 1 fully saturated rings. The summed E-state index contributed by atoms with van der Waals surface area (Å²) in [6.45, 7) is 6.17. The van der Waals surface area contributed by atoms with Gasteiger partial charge in [0.25, 0.3) is 0 Å². The summed E-state index contributed by atoms with van der Waals surface area (Å²) in [5, 5.41) is 3.36. The lowest BCUT2D eigenvalue weighted by atomic mass is 9.91. The van der Waals surface area contributed by atoms with Gasteiger partial charge in [0, 0.05) is 12.0 Å². The molecule has 1 aromatic carbocycles. The van der Waals surface area contributed by atoms with Crippen LogP contribution in [0.1, 0.15) is 49.9 Å². The molecule has 1 saturated heterocycles. The number of hydrogen-bond donors (Lipinski definition) is 1. The zero-order chi connectivity index (χ0) is 14.4. The summed E-state index contributed by atoms with van der Waals surface area (Å²) < 4.78 is 5.64. The van der Waals surface area contributed by atoms with Gasteiger partial charge in [0.1, 0.15) is 5.75 Å². The average Bonchev–Trinajstić information content (AvgIpc) is 2.45. The lowest BCUT2D eigenvalue weighted by Crippen LogP contribution is -2.27. The van der Waals surface area contributed by atoms with Gasteiger partial charge in [-0.05, 0) is 64.3 Å². The van der Waals surface area contributed by atoms with Crippen LogP contribution >= 0.6 is 0 Å². The maximum absolute atomic E-state index is 12.3. The fourth-order valence-corrected chi connectivity index (χ4v) is 2.66. The van der Waals surface area contributed by atoms with E-state index in [1.807, 2.05) is 38.1 Å². The van der Waals surface area contributed by atoms with Crippen LogP contribution in [0.25, 0.3) is 0 Å². The molecule has 0 amide bonds. The van der Waals surface area contributed by atoms with Crippen LogP contribution in [0.15, 0.2) is 24.3 Å². The molecule has 3 nitrogen and oxygen atoms in total. The third-order valence-corrected chi connectivity index (χ3v) is 3.77. The quantitative estimate of drug-likeness (QED) is 0.808. The average molecular weight is 275 g/mol. The van der Waals surface area contributed by atoms with E-state index < -0.39 is 0 Å². The molecule has 0 spiro atoms. The molecule has 1 N–H and O–H groups in total. The molecule has 0 aliphatic carbocycles. The second-order valence-corrected chi connectivity index (χ2v) is 5.85. The highest BCUT2D eigenvalue weighted by Crippen LogP contribution is 2.21. The Bertz CT molecular complexity index is 436. The van der Waals surface area contributed by atoms with Crippen LogP contribution in [0.2, 0.25) is 0 Å². The summed E-state index contributed by atoms with van der Waals surface area (Å²) in [6, 6.07) is 7.56. The Balaban J connectivity index is 1.88. The molecule has 0 radical (unpaired) electrons. The van der Waals surface area contributed by atoms with Crippen molar-refractivity contribution in [1.82, 2.24) is 5.32 Å². The van der Waals surface area contributed by atoms with Crippen LogP contribution in [-0.2, 0) is 0 Å². The minimum atomic E-state index is 0.134. The minimum Gasteiger partial charge on any atom is -0.491 e. The molecule has 1 aliphatic rings. The van der Waals surface area contributed by atoms with Gasteiger partial charge in [-0.2, -0.15) is 0 Å². The van der Waals surface area contributed by atoms with Gasteiger partial charge in [-0.3, -0.25) is 4.79 Å². The van der Waals surface area contributed by atoms with E-state index in [9.17, 15) is 4.79 Å². The second kappa shape index (κ2) is 7.44. The highest BCUT2D eigenvalue weighted by atomic mass is 16.5. The Hall–Kier alpha value is -1.35. The zero-order valence-corrected chi connectivity index (χ0v) is 12.5. The van der Waals surface area contributed by atoms with Gasteiger partial charge in [-0.15, -0.1) is 0 Å². The Morgan fingerprint density at radius 1 is 1.35 bits per heavy atom. The van der Waals surface area contributed by atoms with E-state index in [4.69, 9.17) is 4.74 Å². The summed E-state index contributed by atoms with van der Waals surface area (Å²) in [7, 11) is 0. The van der Waals surface area contributed by atoms with E-state index in [0.29, 0.717) is 12.3 Å². The molecule has 1 aromatic rings. The third kappa shape index (κ3) is 4.64. The molecule has 0 unspecified atom stereocenters. The lowest BCUT2D eigenvalue weighted by Gasteiger charge is -2.22. The topological polar surface area (TPSA) is 38.3 Å². The summed E-state index contributed by atoms with van der Waals surface area (Å²) in [5.41, 5.74) is 0.775. The molecule has 0 bridgehead atoms. The molecule has 1 heterocycles. The van der Waals surface area contributed by atoms with E-state index in [1.165, 1.54) is 12.8 Å². The van der Waals surface area contributed by atoms with E-state index in [2.05, 4.69) is 5.32 Å². The first-order valence-electron chi connectivity index (χ1n) is 7.66. The molecule has 3 heteroatoms. The van der Waals surface area contributed by atoms with Crippen LogP contribution in [0.4, 0.5) is 0 Å². The van der Waals surface area contributed by atoms with Crippen molar-refractivity contribution in [2.45, 2.75) is 45.6 Å². The first-order valence-corrected chi connectivity index (χ1v) is 7.66. The molecular formula is C17H25NO2. The predicted molar refractivity (Wildman–Crippen MR) is 81.4 cm³/mol. The number of ether oxygens (including phenoxy) is 1. The summed E-state index contributed by atoms with van der Waals surface area (Å²) in [6.07, 6.45) is 4.19. The van der Waals surface area contributed by atoms with Crippen molar-refractivity contribution in [3.63, 3.8) is 0 Å². The standard InChI is InChI=1S/C17H25NO2/c1-13(2)20-16-5-3-4-15(12-16)17(19)7-6-14-8-10-18-11-9-14/h3-5,12-14,18H,6-11H2,1-2H3. The van der Waals surface area contributed by atoms with Gasteiger partial charge in [0.05, 0.1) is 6.10 Å². The fraction of sp³-hybridized carbons (Fsp3) is 0.588. The lowest BCUT2D eigenvalue weighted by molar-refractivity contribution is 0.0970. The first-order chi connectivity index (χ1) is 9.65. The monoisotopic (exact) mass is 275 g/mol. The first kappa shape index (κ1) is 15.0. The number of hydrogen-bond acceptors (Lipinski definition) is 3. The van der Waals surface area contributed by atoms with Crippen molar-refractivity contribution >= 4 is 5.78 Å². The highest BCUT2D eigenvalue weighted by Gasteiger charge is 2.15. The van der Waals surface area contributed by atoms with Gasteiger partial charge in [0.15, 0.2) is 5.78 Å². The molecule has 110 valence electrons. The van der Waals surface area contributed by atoms with Gasteiger partial charge in [-0.25, -0.2) is 0 Å². The smallest absolute Gasteiger partial charge is 0.163 e. The van der Waals surface area contributed by atoms with Crippen molar-refractivity contribution in [1.29, 1.82) is 0 Å². The Morgan fingerprint density at radius 3 is 2.80 bits per heavy atom. The number of piperidine rings is 1. The fourth-order valence-electron chi connectivity index (χ4n) is 2.66. The van der Waals surface area contributed by atoms with Gasteiger partial charge in [-0.1, -0.05) is 12.1 Å². The van der Waals surface area contributed by atoms with Crippen molar-refractivity contribution in [3.8, 4) is 5.75 Å². The third-order valence-electron chi connectivity index (χ3n) is 3.77. The molecule has 0 saturated carbocycles. The Morgan fingerprint density at radius 2 is 2.10 bits per heavy atom. The van der Waals surface area contributed by atoms with Crippen molar-refractivity contribution in [2.24, 2.45) is 5.92 Å². The van der Waals surface area contributed by atoms with Crippen molar-refractivity contribution in [3.05, 3.63) is 29.8 Å². The maximum atomic E-state index is 12.3. The zero-order valence-electron chi connectivity index (χ0n) is 12.5. The summed E-state index contributed by atoms with van der Waals surface area (Å²) >= 11 is 0. The Labute approximate surface area is 121 Å². The van der Waals surface area contributed by atoms with E-state index >= 15 is 0 Å². The SMILES string of the molecule is CC(C)Oc1cccc(C(=O)CCC2CCNCC2)c1. The largest absolute Gasteiger partial charge is 0.491 e. The summed E-state index contributed by atoms with van der Waals surface area (Å²) in [4.78, 5) is 12.3. The van der Waals surface area contributed by atoms with Crippen LogP contribution < -0.4 is 10.1 Å². The second-order valence-electron chi connectivity index (χ2n) is 5.85. The van der Waals surface area contributed by atoms with Gasteiger partial charge in [0.2, 0.25) is 0 Å². The van der Waals surface area contributed by atoms with Crippen LogP contribution in [-0.4, -0.2) is 25.0 Å². The summed E-state index contributed by atoms with van der Waals surface area (Å²) in [5.74, 6) is 1.72. The van der Waals surface area contributed by atoms with Crippen molar-refractivity contribution in [2.75, 3.05) is 13.1 Å². The van der Waals surface area contributed by atoms with Crippen LogP contribution in [0.5, 0.6) is 5.75 Å². The van der Waals surface area contributed by atoms with Gasteiger partial charge >= 0.3 is 0 Å². The van der Waals surface area contributed by atoms with E-state index in [1.54, 1.807) is 0 Å². The van der Waals surface area contributed by atoms with Crippen molar-refractivity contribution < 1.29 is 9.53 Å². The number of Topliss-reactive ketones (excluding diaryl/α,β-unsaturated/α-hetero) is 1. The molecule has 1 aliphatic heterocycles. The minimum absolute atomic E-state index is 0.134. The number of ketones is 1. The number of benzene rings is 1. The Kier molecular flexibility index (Phi) is 5.60. The number of nitrogens with one attached hydrogen (secondary N) is 1. The maximum Gasteiger partial charge on any atom is 0.163 e. The van der Waals surface area contributed by atoms with Crippen LogP contribution in [0.3, 0.4) is 0 Å². The number of carbonyl (C=O) groups is 1. The number of carbonyl (C=O) groups excluding carboxylic acids is 1. The normalized spacial score (nSPS) is 16.4. The van der Waals surface area contributed by atoms with E-state index in [-0.39, 0.29) is 11.9 Å². The van der Waals surface area contributed by atoms with Crippen LogP contribution in [0, 0.1) is 5.92 Å². The molecule has 0 aromatic heterocycles. The molecule has 2 rings (SSSR count). The highest BCUT2D eigenvalue weighted by molar-refractivity contribution is 5.96. The predicted octanol–water partition coefficient (Wildman–Crippen LogP) is 3.44. The molecule has 0 atom stereocenters. The molecule has 20 heavy (non-hydrogen) atoms.